The number of nitrogens with one attached hydrogen (secondary N) is 1. The summed E-state index contributed by atoms with van der Waals surface area (Å²) in [6, 6.07) is 0.506. The van der Waals surface area contributed by atoms with Crippen molar-refractivity contribution in [2.45, 2.75) is 18.9 Å². The summed E-state index contributed by atoms with van der Waals surface area (Å²) in [7, 11) is 0. The van der Waals surface area contributed by atoms with Crippen molar-refractivity contribution < 1.29 is 4.74 Å². The van der Waals surface area contributed by atoms with Gasteiger partial charge in [0, 0.05) is 19.1 Å². The van der Waals surface area contributed by atoms with Gasteiger partial charge >= 0.3 is 0 Å². The largest absolute Gasteiger partial charge is 0.378 e. The van der Waals surface area contributed by atoms with Crippen LogP contribution < -0.4 is 10.2 Å². The van der Waals surface area contributed by atoms with Crippen molar-refractivity contribution in [1.29, 1.82) is 0 Å². The number of morpholine rings is 1. The molecule has 0 aromatic carbocycles. The highest BCUT2D eigenvalue weighted by Crippen LogP contribution is 2.24. The van der Waals surface area contributed by atoms with Gasteiger partial charge in [-0.3, -0.25) is 0 Å². The fourth-order valence-corrected chi connectivity index (χ4v) is 1.87. The lowest BCUT2D eigenvalue weighted by molar-refractivity contribution is 0.122. The van der Waals surface area contributed by atoms with Gasteiger partial charge < -0.3 is 15.0 Å². The van der Waals surface area contributed by atoms with E-state index in [2.05, 4.69) is 25.2 Å². The Hall–Kier alpha value is -1.14. The third-order valence-corrected chi connectivity index (χ3v) is 2.97. The molecule has 2 aliphatic rings. The maximum absolute atomic E-state index is 5.91. The Bertz CT molecular complexity index is 406. The third kappa shape index (κ3) is 2.76. The minimum atomic E-state index is 0.240. The van der Waals surface area contributed by atoms with Crippen molar-refractivity contribution >= 4 is 23.5 Å². The van der Waals surface area contributed by atoms with Gasteiger partial charge in [-0.15, -0.1) is 0 Å². The summed E-state index contributed by atoms with van der Waals surface area (Å²) in [4.78, 5) is 14.7. The van der Waals surface area contributed by atoms with E-state index in [4.69, 9.17) is 16.3 Å². The molecule has 17 heavy (non-hydrogen) atoms. The van der Waals surface area contributed by atoms with Crippen LogP contribution in [0.5, 0.6) is 0 Å². The highest BCUT2D eigenvalue weighted by atomic mass is 35.5. The molecule has 1 aromatic heterocycles. The second-order valence-electron chi connectivity index (χ2n) is 4.25. The molecule has 0 unspecified atom stereocenters. The number of rotatable bonds is 3. The summed E-state index contributed by atoms with van der Waals surface area (Å²) >= 11 is 5.91. The van der Waals surface area contributed by atoms with E-state index in [1.54, 1.807) is 0 Å². The standard InChI is InChI=1S/C10H14ClN5O/c11-8-13-9(12-7-1-2-7)15-10(14-8)16-3-5-17-6-4-16/h7H,1-6H2,(H,12,13,14,15). The molecule has 1 aliphatic heterocycles. The molecular weight excluding hydrogens is 242 g/mol. The molecule has 0 amide bonds. The van der Waals surface area contributed by atoms with E-state index in [1.165, 1.54) is 12.8 Å². The molecule has 3 rings (SSSR count). The minimum absolute atomic E-state index is 0.240. The van der Waals surface area contributed by atoms with E-state index in [9.17, 15) is 0 Å². The summed E-state index contributed by atoms with van der Waals surface area (Å²) in [6.45, 7) is 3.00. The normalized spacial score (nSPS) is 20.4. The lowest BCUT2D eigenvalue weighted by atomic mass is 10.4. The second-order valence-corrected chi connectivity index (χ2v) is 4.58. The van der Waals surface area contributed by atoms with Gasteiger partial charge in [0.2, 0.25) is 17.2 Å². The molecule has 0 atom stereocenters. The monoisotopic (exact) mass is 255 g/mol. The van der Waals surface area contributed by atoms with Gasteiger partial charge in [0.05, 0.1) is 13.2 Å². The van der Waals surface area contributed by atoms with Gasteiger partial charge in [-0.05, 0) is 24.4 Å². The van der Waals surface area contributed by atoms with Crippen LogP contribution in [0.1, 0.15) is 12.8 Å². The Kier molecular flexibility index (Phi) is 2.98. The molecule has 1 aromatic rings. The SMILES string of the molecule is Clc1nc(NC2CC2)nc(N2CCOCC2)n1. The maximum Gasteiger partial charge on any atom is 0.231 e. The molecule has 1 N–H and O–H groups in total. The van der Waals surface area contributed by atoms with Gasteiger partial charge in [0.1, 0.15) is 0 Å². The Morgan fingerprint density at radius 3 is 2.65 bits per heavy atom. The fourth-order valence-electron chi connectivity index (χ4n) is 1.72. The average Bonchev–Trinajstić information content (AvgIpc) is 3.13. The maximum atomic E-state index is 5.91. The van der Waals surface area contributed by atoms with E-state index < -0.39 is 0 Å². The Labute approximate surface area is 104 Å². The molecule has 2 fully saturated rings. The average molecular weight is 256 g/mol. The third-order valence-electron chi connectivity index (χ3n) is 2.80. The fraction of sp³-hybridized carbons (Fsp3) is 0.700. The summed E-state index contributed by atoms with van der Waals surface area (Å²) in [5.41, 5.74) is 0. The zero-order valence-corrected chi connectivity index (χ0v) is 10.2. The van der Waals surface area contributed by atoms with Crippen LogP contribution in [0, 0.1) is 0 Å². The van der Waals surface area contributed by atoms with Crippen LogP contribution in [0.25, 0.3) is 0 Å². The molecule has 0 radical (unpaired) electrons. The van der Waals surface area contributed by atoms with Gasteiger partial charge in [-0.2, -0.15) is 15.0 Å². The van der Waals surface area contributed by atoms with Crippen molar-refractivity contribution in [3.05, 3.63) is 5.28 Å². The Morgan fingerprint density at radius 2 is 1.94 bits per heavy atom. The quantitative estimate of drug-likeness (QED) is 0.867. The van der Waals surface area contributed by atoms with Crippen molar-refractivity contribution in [1.82, 2.24) is 15.0 Å². The van der Waals surface area contributed by atoms with Gasteiger partial charge in [0.25, 0.3) is 0 Å². The first-order valence-corrected chi connectivity index (χ1v) is 6.20. The van der Waals surface area contributed by atoms with Crippen LogP contribution in [0.3, 0.4) is 0 Å². The molecule has 1 saturated heterocycles. The zero-order chi connectivity index (χ0) is 11.7. The molecule has 0 spiro atoms. The van der Waals surface area contributed by atoms with E-state index >= 15 is 0 Å². The second kappa shape index (κ2) is 4.62. The Morgan fingerprint density at radius 1 is 1.18 bits per heavy atom. The van der Waals surface area contributed by atoms with E-state index in [0.29, 0.717) is 31.2 Å². The number of nitrogens with zero attached hydrogens (tertiary/aromatic N) is 4. The summed E-state index contributed by atoms with van der Waals surface area (Å²) in [6.07, 6.45) is 2.35. The minimum Gasteiger partial charge on any atom is -0.378 e. The molecule has 2 heterocycles. The number of ether oxygens (including phenoxy) is 1. The Balaban J connectivity index is 1.79. The highest BCUT2D eigenvalue weighted by molar-refractivity contribution is 6.28. The lowest BCUT2D eigenvalue weighted by Gasteiger charge is -2.26. The first-order chi connectivity index (χ1) is 8.31. The molecule has 0 bridgehead atoms. The molecule has 92 valence electrons. The predicted molar refractivity (Wildman–Crippen MR) is 64.5 cm³/mol. The summed E-state index contributed by atoms with van der Waals surface area (Å²) < 4.78 is 5.29. The topological polar surface area (TPSA) is 63.2 Å². The first kappa shape index (κ1) is 11.0. The molecular formula is C10H14ClN5O. The van der Waals surface area contributed by atoms with Crippen LogP contribution >= 0.6 is 11.6 Å². The number of halogens is 1. The van der Waals surface area contributed by atoms with Gasteiger partial charge in [0.15, 0.2) is 0 Å². The number of anilines is 2. The van der Waals surface area contributed by atoms with Crippen LogP contribution in [-0.4, -0.2) is 47.3 Å². The first-order valence-electron chi connectivity index (χ1n) is 5.82. The lowest BCUT2D eigenvalue weighted by Crippen LogP contribution is -2.37. The van der Waals surface area contributed by atoms with E-state index in [0.717, 1.165) is 13.1 Å². The number of hydrogen-bond donors (Lipinski definition) is 1. The van der Waals surface area contributed by atoms with Crippen molar-refractivity contribution in [3.63, 3.8) is 0 Å². The molecule has 6 nitrogen and oxygen atoms in total. The highest BCUT2D eigenvalue weighted by Gasteiger charge is 2.23. The van der Waals surface area contributed by atoms with Gasteiger partial charge in [-0.1, -0.05) is 0 Å². The molecule has 7 heteroatoms. The van der Waals surface area contributed by atoms with Crippen LogP contribution in [0.4, 0.5) is 11.9 Å². The predicted octanol–water partition coefficient (Wildman–Crippen LogP) is 0.936. The molecule has 1 saturated carbocycles. The van der Waals surface area contributed by atoms with Crippen LogP contribution in [0.2, 0.25) is 5.28 Å². The smallest absolute Gasteiger partial charge is 0.231 e. The van der Waals surface area contributed by atoms with Gasteiger partial charge in [-0.25, -0.2) is 0 Å². The zero-order valence-electron chi connectivity index (χ0n) is 9.40. The molecule has 1 aliphatic carbocycles. The number of aromatic nitrogens is 3. The van der Waals surface area contributed by atoms with Crippen LogP contribution in [0.15, 0.2) is 0 Å². The van der Waals surface area contributed by atoms with Crippen molar-refractivity contribution in [2.24, 2.45) is 0 Å². The van der Waals surface area contributed by atoms with Crippen LogP contribution in [-0.2, 0) is 4.74 Å². The number of hydrogen-bond acceptors (Lipinski definition) is 6. The summed E-state index contributed by atoms with van der Waals surface area (Å²) in [5, 5.41) is 3.47. The van der Waals surface area contributed by atoms with Crippen molar-refractivity contribution in [2.75, 3.05) is 36.5 Å². The van der Waals surface area contributed by atoms with E-state index in [-0.39, 0.29) is 5.28 Å². The summed E-state index contributed by atoms with van der Waals surface area (Å²) in [5.74, 6) is 1.21. The van der Waals surface area contributed by atoms with E-state index in [1.807, 2.05) is 0 Å². The van der Waals surface area contributed by atoms with Crippen molar-refractivity contribution in [3.8, 4) is 0 Å².